The van der Waals surface area contributed by atoms with Crippen LogP contribution in [0.15, 0.2) is 12.2 Å². The lowest BCUT2D eigenvalue weighted by Gasteiger charge is -2.07. The van der Waals surface area contributed by atoms with Crippen molar-refractivity contribution in [1.82, 2.24) is 0 Å². The van der Waals surface area contributed by atoms with Gasteiger partial charge in [-0.25, -0.2) is 0 Å². The lowest BCUT2D eigenvalue weighted by atomic mass is 10.0. The van der Waals surface area contributed by atoms with E-state index in [1.54, 1.807) is 0 Å². The highest BCUT2D eigenvalue weighted by Crippen LogP contribution is 2.29. The molecule has 4 nitrogen and oxygen atoms in total. The number of carboxylic acid groups (broad SMARTS) is 1. The van der Waals surface area contributed by atoms with Crippen molar-refractivity contribution in [2.45, 2.75) is 95.9 Å². The third-order valence-corrected chi connectivity index (χ3v) is 4.12. The largest absolute Gasteiger partial charge is 0.550 e. The highest BCUT2D eigenvalue weighted by molar-refractivity contribution is 5.63. The molecule has 0 unspecified atom stereocenters. The zero-order valence-corrected chi connectivity index (χ0v) is 13.8. The summed E-state index contributed by atoms with van der Waals surface area (Å²) in [7, 11) is 0. The average Bonchev–Trinajstić information content (AvgIpc) is 3.25. The Morgan fingerprint density at radius 3 is 2.64 bits per heavy atom. The molecule has 1 rings (SSSR count). The maximum absolute atomic E-state index is 10.3. The van der Waals surface area contributed by atoms with Crippen molar-refractivity contribution >= 4 is 5.97 Å². The van der Waals surface area contributed by atoms with Crippen molar-refractivity contribution in [3.63, 3.8) is 0 Å². The molecule has 0 bridgehead atoms. The molecule has 0 aromatic heterocycles. The Kier molecular flexibility index (Phi) is 10.2. The summed E-state index contributed by atoms with van der Waals surface area (Å²) < 4.78 is 5.50. The van der Waals surface area contributed by atoms with Crippen LogP contribution in [-0.4, -0.2) is 29.4 Å². The molecule has 1 saturated heterocycles. The van der Waals surface area contributed by atoms with Crippen molar-refractivity contribution in [2.24, 2.45) is 0 Å². The molecule has 0 spiro atoms. The first-order chi connectivity index (χ1) is 10.6. The lowest BCUT2D eigenvalue weighted by molar-refractivity contribution is -0.305. The molecule has 0 saturated carbocycles. The van der Waals surface area contributed by atoms with E-state index in [1.165, 1.54) is 19.3 Å². The zero-order valence-electron chi connectivity index (χ0n) is 13.8. The summed E-state index contributed by atoms with van der Waals surface area (Å²) in [5.74, 6) is -0.963. The van der Waals surface area contributed by atoms with Crippen molar-refractivity contribution < 1.29 is 19.7 Å². The molecular formula is C18H31O4-. The van der Waals surface area contributed by atoms with Crippen molar-refractivity contribution in [1.29, 1.82) is 0 Å². The number of carboxylic acids is 1. The van der Waals surface area contributed by atoms with Crippen LogP contribution in [0.5, 0.6) is 0 Å². The molecule has 1 heterocycles. The standard InChI is InChI=1S/C18H32O4/c1-2-3-4-6-10-13-16-18(22-16)15(19)12-9-7-5-8-11-14-17(20)21/h10,13,15-16,18-19H,2-9,11-12,14H2,1H3,(H,20,21)/p-1/b13-10-/t15-,16+,18+/m0/s1. The maximum Gasteiger partial charge on any atom is 0.114 e. The van der Waals surface area contributed by atoms with Crippen LogP contribution in [-0.2, 0) is 9.53 Å². The summed E-state index contributed by atoms with van der Waals surface area (Å²) in [6, 6.07) is 0. The van der Waals surface area contributed by atoms with E-state index in [0.29, 0.717) is 6.42 Å². The number of hydrogen-bond donors (Lipinski definition) is 1. The summed E-state index contributed by atoms with van der Waals surface area (Å²) in [4.78, 5) is 10.3. The van der Waals surface area contributed by atoms with Gasteiger partial charge in [-0.15, -0.1) is 0 Å². The van der Waals surface area contributed by atoms with Crippen molar-refractivity contribution in [3.05, 3.63) is 12.2 Å². The van der Waals surface area contributed by atoms with Gasteiger partial charge in [0.1, 0.15) is 12.2 Å². The molecule has 1 aliphatic heterocycles. The van der Waals surface area contributed by atoms with Gasteiger partial charge in [0.2, 0.25) is 0 Å². The van der Waals surface area contributed by atoms with E-state index in [0.717, 1.165) is 38.5 Å². The molecule has 1 N–H and O–H groups in total. The topological polar surface area (TPSA) is 72.9 Å². The van der Waals surface area contributed by atoms with Crippen LogP contribution in [0.2, 0.25) is 0 Å². The van der Waals surface area contributed by atoms with E-state index in [1.807, 2.05) is 0 Å². The van der Waals surface area contributed by atoms with Gasteiger partial charge in [-0.1, -0.05) is 57.6 Å². The van der Waals surface area contributed by atoms with Crippen LogP contribution in [0.1, 0.15) is 77.6 Å². The number of carbonyl (C=O) groups is 1. The molecule has 0 aliphatic carbocycles. The number of unbranched alkanes of at least 4 members (excludes halogenated alkanes) is 7. The Morgan fingerprint density at radius 1 is 1.18 bits per heavy atom. The Morgan fingerprint density at radius 2 is 1.91 bits per heavy atom. The molecule has 3 atom stereocenters. The number of ether oxygens (including phenoxy) is 1. The molecule has 1 fully saturated rings. The third-order valence-electron chi connectivity index (χ3n) is 4.12. The van der Waals surface area contributed by atoms with Crippen LogP contribution in [0.25, 0.3) is 0 Å². The maximum atomic E-state index is 10.3. The monoisotopic (exact) mass is 311 g/mol. The van der Waals surface area contributed by atoms with Crippen LogP contribution >= 0.6 is 0 Å². The van der Waals surface area contributed by atoms with Crippen LogP contribution in [0, 0.1) is 0 Å². The van der Waals surface area contributed by atoms with E-state index in [-0.39, 0.29) is 24.7 Å². The van der Waals surface area contributed by atoms with E-state index < -0.39 is 5.97 Å². The third kappa shape index (κ3) is 9.21. The number of aliphatic hydroxyl groups is 1. The van der Waals surface area contributed by atoms with Gasteiger partial charge in [0, 0.05) is 5.97 Å². The molecule has 0 aromatic rings. The fourth-order valence-corrected chi connectivity index (χ4v) is 2.66. The van der Waals surface area contributed by atoms with Gasteiger partial charge in [0.05, 0.1) is 6.10 Å². The van der Waals surface area contributed by atoms with E-state index in [2.05, 4.69) is 19.1 Å². The Labute approximate surface area is 134 Å². The molecule has 0 aromatic carbocycles. The second kappa shape index (κ2) is 11.7. The van der Waals surface area contributed by atoms with E-state index in [9.17, 15) is 15.0 Å². The number of aliphatic hydroxyl groups excluding tert-OH is 1. The second-order valence-electron chi connectivity index (χ2n) is 6.24. The minimum atomic E-state index is -0.963. The van der Waals surface area contributed by atoms with Crippen LogP contribution in [0.4, 0.5) is 0 Å². The number of allylic oxidation sites excluding steroid dienone is 1. The molecule has 4 heteroatoms. The number of carbonyl (C=O) groups excluding carboxylic acids is 1. The van der Waals surface area contributed by atoms with Crippen molar-refractivity contribution in [2.75, 3.05) is 0 Å². The quantitative estimate of drug-likeness (QED) is 0.304. The van der Waals surface area contributed by atoms with Crippen LogP contribution < -0.4 is 5.11 Å². The predicted molar refractivity (Wildman–Crippen MR) is 85.3 cm³/mol. The number of rotatable bonds is 14. The fourth-order valence-electron chi connectivity index (χ4n) is 2.66. The number of hydrogen-bond acceptors (Lipinski definition) is 4. The first-order valence-corrected chi connectivity index (χ1v) is 8.85. The van der Waals surface area contributed by atoms with E-state index >= 15 is 0 Å². The zero-order chi connectivity index (χ0) is 16.2. The summed E-state index contributed by atoms with van der Waals surface area (Å²) in [5.41, 5.74) is 0. The molecule has 1 aliphatic rings. The van der Waals surface area contributed by atoms with Crippen LogP contribution in [0.3, 0.4) is 0 Å². The van der Waals surface area contributed by atoms with Gasteiger partial charge in [0.15, 0.2) is 0 Å². The first-order valence-electron chi connectivity index (χ1n) is 8.85. The normalized spacial score (nSPS) is 22.1. The SMILES string of the molecule is CCCCC/C=C\[C@H]1O[C@@H]1[C@@H](O)CCCCCCCC(=O)[O-]. The number of aliphatic carboxylic acids is 1. The van der Waals surface area contributed by atoms with Gasteiger partial charge in [-0.05, 0) is 32.1 Å². The molecule has 0 amide bonds. The first kappa shape index (κ1) is 19.2. The Balaban J connectivity index is 1.94. The summed E-state index contributed by atoms with van der Waals surface area (Å²) >= 11 is 0. The van der Waals surface area contributed by atoms with Gasteiger partial charge < -0.3 is 19.7 Å². The predicted octanol–water partition coefficient (Wildman–Crippen LogP) is 2.73. The Hall–Kier alpha value is -0.870. The summed E-state index contributed by atoms with van der Waals surface area (Å²) in [6.07, 6.45) is 14.4. The van der Waals surface area contributed by atoms with Gasteiger partial charge in [0.25, 0.3) is 0 Å². The molecular weight excluding hydrogens is 280 g/mol. The van der Waals surface area contributed by atoms with Crippen molar-refractivity contribution in [3.8, 4) is 0 Å². The smallest absolute Gasteiger partial charge is 0.114 e. The summed E-state index contributed by atoms with van der Waals surface area (Å²) in [5, 5.41) is 20.3. The molecule has 128 valence electrons. The minimum Gasteiger partial charge on any atom is -0.550 e. The highest BCUT2D eigenvalue weighted by atomic mass is 16.6. The highest BCUT2D eigenvalue weighted by Gasteiger charge is 2.41. The van der Waals surface area contributed by atoms with Gasteiger partial charge >= 0.3 is 0 Å². The molecule has 22 heavy (non-hydrogen) atoms. The number of epoxide rings is 1. The van der Waals surface area contributed by atoms with Gasteiger partial charge in [-0.3, -0.25) is 0 Å². The van der Waals surface area contributed by atoms with Gasteiger partial charge in [-0.2, -0.15) is 0 Å². The molecule has 0 radical (unpaired) electrons. The summed E-state index contributed by atoms with van der Waals surface area (Å²) in [6.45, 7) is 2.20. The minimum absolute atomic E-state index is 0.0134. The lowest BCUT2D eigenvalue weighted by Crippen LogP contribution is -2.21. The Bertz CT molecular complexity index is 327. The average molecular weight is 311 g/mol. The fraction of sp³-hybridized carbons (Fsp3) is 0.833. The second-order valence-corrected chi connectivity index (χ2v) is 6.24. The van der Waals surface area contributed by atoms with E-state index in [4.69, 9.17) is 4.74 Å².